The van der Waals surface area contributed by atoms with Crippen molar-refractivity contribution in [2.75, 3.05) is 12.3 Å². The quantitative estimate of drug-likeness (QED) is 0.933. The maximum Gasteiger partial charge on any atom is 0.266 e. The number of rotatable bonds is 4. The Morgan fingerprint density at radius 1 is 1.37 bits per heavy atom. The summed E-state index contributed by atoms with van der Waals surface area (Å²) in [5, 5.41) is 0.441. The molecule has 0 radical (unpaired) electrons. The number of aryl methyl sites for hydroxylation is 1. The Kier molecular flexibility index (Phi) is 4.16. The van der Waals surface area contributed by atoms with Gasteiger partial charge in [-0.25, -0.2) is 4.98 Å². The molecule has 2 rings (SSSR count). The van der Waals surface area contributed by atoms with Gasteiger partial charge >= 0.3 is 0 Å². The monoisotopic (exact) mass is 275 g/mol. The van der Waals surface area contributed by atoms with Crippen LogP contribution < -0.4 is 5.73 Å². The first-order valence-corrected chi connectivity index (χ1v) is 6.99. The van der Waals surface area contributed by atoms with Gasteiger partial charge in [0.15, 0.2) is 5.13 Å². The predicted molar refractivity (Wildman–Crippen MR) is 78.1 cm³/mol. The molecule has 0 spiro atoms. The number of carbonyl (C=O) groups excluding carboxylic acids is 1. The molecule has 0 fully saturated rings. The van der Waals surface area contributed by atoms with Gasteiger partial charge in [-0.05, 0) is 19.4 Å². The fourth-order valence-corrected chi connectivity index (χ4v) is 2.69. The lowest BCUT2D eigenvalue weighted by atomic mass is 10.2. The van der Waals surface area contributed by atoms with Crippen molar-refractivity contribution >= 4 is 22.4 Å². The smallest absolute Gasteiger partial charge is 0.266 e. The first-order chi connectivity index (χ1) is 9.11. The van der Waals surface area contributed by atoms with Crippen molar-refractivity contribution in [1.82, 2.24) is 9.88 Å². The zero-order chi connectivity index (χ0) is 13.8. The van der Waals surface area contributed by atoms with E-state index in [1.807, 2.05) is 44.2 Å². The van der Waals surface area contributed by atoms with Crippen LogP contribution in [0.15, 0.2) is 30.3 Å². The minimum absolute atomic E-state index is 0.00180. The van der Waals surface area contributed by atoms with Gasteiger partial charge in [-0.1, -0.05) is 41.7 Å². The van der Waals surface area contributed by atoms with Crippen molar-refractivity contribution in [3.05, 3.63) is 46.5 Å². The highest BCUT2D eigenvalue weighted by molar-refractivity contribution is 7.17. The normalized spacial score (nSPS) is 10.4. The molecule has 0 saturated carbocycles. The van der Waals surface area contributed by atoms with E-state index in [-0.39, 0.29) is 5.91 Å². The van der Waals surface area contributed by atoms with Crippen LogP contribution in [-0.2, 0) is 6.54 Å². The third kappa shape index (κ3) is 3.12. The SMILES string of the molecule is CCN(Cc1ccccc1)C(=O)c1sc(N)nc1C. The topological polar surface area (TPSA) is 59.2 Å². The molecule has 1 aromatic carbocycles. The van der Waals surface area contributed by atoms with Crippen molar-refractivity contribution < 1.29 is 4.79 Å². The molecule has 0 aliphatic rings. The number of aromatic nitrogens is 1. The fraction of sp³-hybridized carbons (Fsp3) is 0.286. The molecule has 1 aromatic heterocycles. The van der Waals surface area contributed by atoms with Crippen LogP contribution in [0.1, 0.15) is 27.9 Å². The van der Waals surface area contributed by atoms with E-state index in [0.29, 0.717) is 28.8 Å². The van der Waals surface area contributed by atoms with Gasteiger partial charge in [0.1, 0.15) is 4.88 Å². The molecular weight excluding hydrogens is 258 g/mol. The van der Waals surface area contributed by atoms with Crippen LogP contribution in [0.2, 0.25) is 0 Å². The van der Waals surface area contributed by atoms with E-state index < -0.39 is 0 Å². The Morgan fingerprint density at radius 2 is 2.05 bits per heavy atom. The highest BCUT2D eigenvalue weighted by Gasteiger charge is 2.19. The van der Waals surface area contributed by atoms with Gasteiger partial charge in [0, 0.05) is 13.1 Å². The largest absolute Gasteiger partial charge is 0.375 e. The number of nitrogen functional groups attached to an aromatic ring is 1. The number of hydrogen-bond acceptors (Lipinski definition) is 4. The molecule has 5 heteroatoms. The van der Waals surface area contributed by atoms with Gasteiger partial charge in [-0.3, -0.25) is 4.79 Å². The minimum Gasteiger partial charge on any atom is -0.375 e. The van der Waals surface area contributed by atoms with Crippen LogP contribution >= 0.6 is 11.3 Å². The number of hydrogen-bond donors (Lipinski definition) is 1. The van der Waals surface area contributed by atoms with Crippen molar-refractivity contribution in [3.63, 3.8) is 0 Å². The van der Waals surface area contributed by atoms with Crippen LogP contribution in [0.3, 0.4) is 0 Å². The van der Waals surface area contributed by atoms with Gasteiger partial charge in [0.25, 0.3) is 5.91 Å². The lowest BCUT2D eigenvalue weighted by molar-refractivity contribution is 0.0756. The second kappa shape index (κ2) is 5.84. The maximum atomic E-state index is 12.5. The summed E-state index contributed by atoms with van der Waals surface area (Å²) in [6.07, 6.45) is 0. The Labute approximate surface area is 116 Å². The van der Waals surface area contributed by atoms with Crippen LogP contribution in [-0.4, -0.2) is 22.3 Å². The molecule has 0 aliphatic heterocycles. The Hall–Kier alpha value is -1.88. The van der Waals surface area contributed by atoms with Gasteiger partial charge in [-0.2, -0.15) is 0 Å². The predicted octanol–water partition coefficient (Wildman–Crippen LogP) is 2.70. The highest BCUT2D eigenvalue weighted by Crippen LogP contribution is 2.22. The van der Waals surface area contributed by atoms with E-state index in [4.69, 9.17) is 5.73 Å². The highest BCUT2D eigenvalue weighted by atomic mass is 32.1. The Balaban J connectivity index is 2.18. The molecule has 19 heavy (non-hydrogen) atoms. The molecule has 1 amide bonds. The average Bonchev–Trinajstić information content (AvgIpc) is 2.75. The lowest BCUT2D eigenvalue weighted by Gasteiger charge is -2.20. The van der Waals surface area contributed by atoms with Crippen LogP contribution in [0.25, 0.3) is 0 Å². The van der Waals surface area contributed by atoms with Gasteiger partial charge < -0.3 is 10.6 Å². The summed E-state index contributed by atoms with van der Waals surface area (Å²) in [4.78, 5) is 19.0. The molecule has 0 aliphatic carbocycles. The summed E-state index contributed by atoms with van der Waals surface area (Å²) in [6.45, 7) is 5.05. The molecule has 2 N–H and O–H groups in total. The van der Waals surface area contributed by atoms with Crippen LogP contribution in [0, 0.1) is 6.92 Å². The summed E-state index contributed by atoms with van der Waals surface area (Å²) in [5.41, 5.74) is 7.47. The van der Waals surface area contributed by atoms with Gasteiger partial charge in [-0.15, -0.1) is 0 Å². The molecule has 0 atom stereocenters. The third-order valence-electron chi connectivity index (χ3n) is 2.89. The summed E-state index contributed by atoms with van der Waals surface area (Å²) in [5.74, 6) is -0.00180. The molecule has 100 valence electrons. The van der Waals surface area contributed by atoms with Crippen molar-refractivity contribution in [1.29, 1.82) is 0 Å². The zero-order valence-electron chi connectivity index (χ0n) is 11.1. The molecular formula is C14H17N3OS. The molecule has 4 nitrogen and oxygen atoms in total. The molecule has 0 saturated heterocycles. The van der Waals surface area contributed by atoms with E-state index in [1.54, 1.807) is 4.90 Å². The van der Waals surface area contributed by atoms with Gasteiger partial charge in [0.05, 0.1) is 5.69 Å². The zero-order valence-corrected chi connectivity index (χ0v) is 11.9. The van der Waals surface area contributed by atoms with Crippen LogP contribution in [0.4, 0.5) is 5.13 Å². The van der Waals surface area contributed by atoms with E-state index >= 15 is 0 Å². The minimum atomic E-state index is -0.00180. The standard InChI is InChI=1S/C14H17N3OS/c1-3-17(9-11-7-5-4-6-8-11)13(18)12-10(2)16-14(15)19-12/h4-8H,3,9H2,1-2H3,(H2,15,16). The Morgan fingerprint density at radius 3 is 2.58 bits per heavy atom. The van der Waals surface area contributed by atoms with E-state index in [2.05, 4.69) is 4.98 Å². The number of nitrogens with two attached hydrogens (primary N) is 1. The second-order valence-electron chi connectivity index (χ2n) is 4.27. The fourth-order valence-electron chi connectivity index (χ4n) is 1.89. The number of thiazole rings is 1. The van der Waals surface area contributed by atoms with E-state index in [9.17, 15) is 4.79 Å². The number of carbonyl (C=O) groups is 1. The third-order valence-corrected chi connectivity index (χ3v) is 3.87. The summed E-state index contributed by atoms with van der Waals surface area (Å²) in [6, 6.07) is 9.95. The van der Waals surface area contributed by atoms with Crippen molar-refractivity contribution in [3.8, 4) is 0 Å². The van der Waals surface area contributed by atoms with E-state index in [1.165, 1.54) is 11.3 Å². The maximum absolute atomic E-state index is 12.5. The summed E-state index contributed by atoms with van der Waals surface area (Å²) >= 11 is 1.25. The van der Waals surface area contributed by atoms with Crippen LogP contribution in [0.5, 0.6) is 0 Å². The number of anilines is 1. The molecule has 2 aromatic rings. The summed E-state index contributed by atoms with van der Waals surface area (Å²) < 4.78 is 0. The van der Waals surface area contributed by atoms with Crippen molar-refractivity contribution in [2.45, 2.75) is 20.4 Å². The molecule has 0 unspecified atom stereocenters. The molecule has 1 heterocycles. The van der Waals surface area contributed by atoms with Gasteiger partial charge in [0.2, 0.25) is 0 Å². The number of benzene rings is 1. The number of amides is 1. The second-order valence-corrected chi connectivity index (χ2v) is 5.30. The van der Waals surface area contributed by atoms with E-state index in [0.717, 1.165) is 5.56 Å². The Bertz CT molecular complexity index is 565. The average molecular weight is 275 g/mol. The lowest BCUT2D eigenvalue weighted by Crippen LogP contribution is -2.30. The summed E-state index contributed by atoms with van der Waals surface area (Å²) in [7, 11) is 0. The first kappa shape index (κ1) is 13.5. The number of nitrogens with zero attached hydrogens (tertiary/aromatic N) is 2. The molecule has 0 bridgehead atoms. The van der Waals surface area contributed by atoms with Crippen molar-refractivity contribution in [2.24, 2.45) is 0 Å². The first-order valence-electron chi connectivity index (χ1n) is 6.18.